The van der Waals surface area contributed by atoms with Crippen molar-refractivity contribution < 1.29 is 24.6 Å². The highest BCUT2D eigenvalue weighted by molar-refractivity contribution is 7.73. The van der Waals surface area contributed by atoms with Crippen molar-refractivity contribution in [3.8, 4) is 0 Å². The van der Waals surface area contributed by atoms with Crippen LogP contribution in [0.5, 0.6) is 0 Å². The summed E-state index contributed by atoms with van der Waals surface area (Å²) in [4.78, 5) is 43.9. The molecule has 28 heavy (non-hydrogen) atoms. The van der Waals surface area contributed by atoms with Crippen LogP contribution in [0.15, 0.2) is 12.1 Å². The summed E-state index contributed by atoms with van der Waals surface area (Å²) in [5.74, 6) is -1.28. The number of carboxylic acids is 2. The van der Waals surface area contributed by atoms with Gasteiger partial charge in [-0.25, -0.2) is 4.98 Å². The van der Waals surface area contributed by atoms with Crippen LogP contribution in [0.2, 0.25) is 0 Å². The lowest BCUT2D eigenvalue weighted by molar-refractivity contribution is -0.138. The Hall–Kier alpha value is -2.33. The van der Waals surface area contributed by atoms with Crippen molar-refractivity contribution in [1.82, 2.24) is 9.97 Å². The fraction of sp³-hybridized carbons (Fsp3) is 0.500. The number of anilines is 1. The van der Waals surface area contributed by atoms with Gasteiger partial charge in [-0.3, -0.25) is 19.3 Å². The van der Waals surface area contributed by atoms with E-state index in [0.29, 0.717) is 59.7 Å². The lowest BCUT2D eigenvalue weighted by Crippen LogP contribution is -2.32. The van der Waals surface area contributed by atoms with Crippen molar-refractivity contribution in [3.63, 3.8) is 0 Å². The van der Waals surface area contributed by atoms with Gasteiger partial charge < -0.3 is 15.2 Å². The molecule has 1 amide bonds. The second-order valence-corrected chi connectivity index (χ2v) is 8.05. The Morgan fingerprint density at radius 1 is 1.00 bits per heavy atom. The summed E-state index contributed by atoms with van der Waals surface area (Å²) in [5.41, 5.74) is 0.811. The SMILES string of the molecule is O=C(O)CCCCCC(=O)N(CCCCC(=O)O)c1ccc2[nH]c(=S)sc2n1. The molecule has 8 nitrogen and oxygen atoms in total. The van der Waals surface area contributed by atoms with E-state index < -0.39 is 11.9 Å². The summed E-state index contributed by atoms with van der Waals surface area (Å²) in [6.45, 7) is 0.384. The number of carbonyl (C=O) groups is 3. The van der Waals surface area contributed by atoms with E-state index in [4.69, 9.17) is 22.4 Å². The Labute approximate surface area is 171 Å². The summed E-state index contributed by atoms with van der Waals surface area (Å²) >= 11 is 6.46. The molecule has 0 aliphatic carbocycles. The number of unbranched alkanes of at least 4 members (excludes halogenated alkanes) is 3. The average molecular weight is 426 g/mol. The Kier molecular flexibility index (Phi) is 8.52. The van der Waals surface area contributed by atoms with E-state index in [0.717, 1.165) is 5.52 Å². The van der Waals surface area contributed by atoms with Gasteiger partial charge in [-0.1, -0.05) is 17.8 Å². The third kappa shape index (κ3) is 7.01. The summed E-state index contributed by atoms with van der Waals surface area (Å²) in [6, 6.07) is 3.58. The molecular formula is C18H23N3O5S2. The maximum atomic E-state index is 12.7. The number of aliphatic carboxylic acids is 2. The van der Waals surface area contributed by atoms with Crippen LogP contribution in [0.25, 0.3) is 10.3 Å². The molecule has 0 aliphatic heterocycles. The van der Waals surface area contributed by atoms with Gasteiger partial charge >= 0.3 is 11.9 Å². The van der Waals surface area contributed by atoms with Gasteiger partial charge in [0.2, 0.25) is 5.91 Å². The predicted molar refractivity (Wildman–Crippen MR) is 109 cm³/mol. The molecule has 10 heteroatoms. The van der Waals surface area contributed by atoms with Crippen molar-refractivity contribution in [3.05, 3.63) is 16.1 Å². The highest BCUT2D eigenvalue weighted by Gasteiger charge is 2.17. The molecule has 2 aromatic rings. The molecule has 0 saturated carbocycles. The summed E-state index contributed by atoms with van der Waals surface area (Å²) < 4.78 is 0.609. The number of nitrogens with zero attached hydrogens (tertiary/aromatic N) is 2. The summed E-state index contributed by atoms with van der Waals surface area (Å²) in [7, 11) is 0. The first-order chi connectivity index (χ1) is 13.4. The van der Waals surface area contributed by atoms with Gasteiger partial charge in [0, 0.05) is 25.8 Å². The minimum absolute atomic E-state index is 0.0584. The summed E-state index contributed by atoms with van der Waals surface area (Å²) in [6.07, 6.45) is 3.29. The van der Waals surface area contributed by atoms with Gasteiger partial charge in [0.1, 0.15) is 10.6 Å². The number of pyridine rings is 1. The number of hydrogen-bond donors (Lipinski definition) is 3. The number of hydrogen-bond acceptors (Lipinski definition) is 6. The first kappa shape index (κ1) is 22.0. The molecule has 2 heterocycles. The number of thiazole rings is 1. The monoisotopic (exact) mass is 425 g/mol. The van der Waals surface area contributed by atoms with Crippen molar-refractivity contribution in [2.75, 3.05) is 11.4 Å². The van der Waals surface area contributed by atoms with Gasteiger partial charge in [-0.15, -0.1) is 0 Å². The molecule has 2 aromatic heterocycles. The van der Waals surface area contributed by atoms with Gasteiger partial charge in [-0.05, 0) is 50.0 Å². The van der Waals surface area contributed by atoms with Gasteiger partial charge in [-0.2, -0.15) is 0 Å². The number of amides is 1. The molecule has 152 valence electrons. The van der Waals surface area contributed by atoms with E-state index >= 15 is 0 Å². The van der Waals surface area contributed by atoms with E-state index in [1.165, 1.54) is 11.3 Å². The standard InChI is InChI=1S/C18H23N3O5S2/c22-14(6-2-1-3-7-15(23)24)21(11-5-4-8-16(25)26)13-10-9-12-17(20-13)28-18(27)19-12/h9-10H,1-8,11H2,(H,19,27)(H,23,24)(H,25,26). The smallest absolute Gasteiger partial charge is 0.303 e. The van der Waals surface area contributed by atoms with E-state index in [2.05, 4.69) is 9.97 Å². The largest absolute Gasteiger partial charge is 0.481 e. The molecule has 0 aromatic carbocycles. The second-order valence-electron chi connectivity index (χ2n) is 6.39. The predicted octanol–water partition coefficient (Wildman–Crippen LogP) is 3.98. The van der Waals surface area contributed by atoms with Crippen molar-refractivity contribution in [2.45, 2.75) is 51.4 Å². The molecular weight excluding hydrogens is 402 g/mol. The molecule has 2 rings (SSSR count). The van der Waals surface area contributed by atoms with Crippen molar-refractivity contribution in [1.29, 1.82) is 0 Å². The fourth-order valence-corrected chi connectivity index (χ4v) is 3.81. The number of rotatable bonds is 12. The Morgan fingerprint density at radius 3 is 2.32 bits per heavy atom. The third-order valence-electron chi connectivity index (χ3n) is 4.15. The lowest BCUT2D eigenvalue weighted by atomic mass is 10.1. The maximum Gasteiger partial charge on any atom is 0.303 e. The highest BCUT2D eigenvalue weighted by Crippen LogP contribution is 2.23. The van der Waals surface area contributed by atoms with E-state index in [-0.39, 0.29) is 18.7 Å². The zero-order valence-corrected chi connectivity index (χ0v) is 17.0. The third-order valence-corrected chi connectivity index (χ3v) is 5.30. The lowest BCUT2D eigenvalue weighted by Gasteiger charge is -2.22. The number of fused-ring (bicyclic) bond motifs is 1. The summed E-state index contributed by atoms with van der Waals surface area (Å²) in [5, 5.41) is 17.5. The molecule has 0 unspecified atom stereocenters. The molecule has 0 atom stereocenters. The topological polar surface area (TPSA) is 124 Å². The highest BCUT2D eigenvalue weighted by atomic mass is 32.1. The normalized spacial score (nSPS) is 10.9. The van der Waals surface area contributed by atoms with Crippen LogP contribution in [-0.2, 0) is 14.4 Å². The number of H-pyrrole nitrogens is 1. The van der Waals surface area contributed by atoms with Crippen LogP contribution in [-0.4, -0.2) is 44.6 Å². The van der Waals surface area contributed by atoms with Crippen LogP contribution in [0.1, 0.15) is 51.4 Å². The number of carbonyl (C=O) groups excluding carboxylic acids is 1. The fourth-order valence-electron chi connectivity index (χ4n) is 2.75. The molecule has 0 spiro atoms. The number of aromatic nitrogens is 2. The Morgan fingerprint density at radius 2 is 1.64 bits per heavy atom. The molecule has 0 radical (unpaired) electrons. The average Bonchev–Trinajstić information content (AvgIpc) is 2.99. The Bertz CT molecular complexity index is 893. The van der Waals surface area contributed by atoms with E-state index in [9.17, 15) is 14.4 Å². The van der Waals surface area contributed by atoms with E-state index in [1.54, 1.807) is 11.0 Å². The molecule has 0 fully saturated rings. The zero-order chi connectivity index (χ0) is 20.5. The second kappa shape index (κ2) is 10.9. The van der Waals surface area contributed by atoms with Crippen LogP contribution >= 0.6 is 23.6 Å². The first-order valence-corrected chi connectivity index (χ1v) is 10.3. The van der Waals surface area contributed by atoms with Crippen LogP contribution in [0.3, 0.4) is 0 Å². The van der Waals surface area contributed by atoms with Crippen LogP contribution in [0.4, 0.5) is 5.82 Å². The minimum Gasteiger partial charge on any atom is -0.481 e. The molecule has 0 aliphatic rings. The maximum absolute atomic E-state index is 12.7. The minimum atomic E-state index is -0.858. The van der Waals surface area contributed by atoms with E-state index in [1.807, 2.05) is 6.07 Å². The molecule has 3 N–H and O–H groups in total. The van der Waals surface area contributed by atoms with Crippen molar-refractivity contribution >= 4 is 57.6 Å². The zero-order valence-electron chi connectivity index (χ0n) is 15.3. The van der Waals surface area contributed by atoms with Gasteiger partial charge in [0.15, 0.2) is 3.95 Å². The van der Waals surface area contributed by atoms with Crippen LogP contribution < -0.4 is 4.90 Å². The number of nitrogens with one attached hydrogen (secondary N) is 1. The molecule has 0 saturated heterocycles. The Balaban J connectivity index is 2.04. The first-order valence-electron chi connectivity index (χ1n) is 9.10. The van der Waals surface area contributed by atoms with Crippen LogP contribution in [0, 0.1) is 3.95 Å². The molecule has 0 bridgehead atoms. The van der Waals surface area contributed by atoms with Gasteiger partial charge in [0.25, 0.3) is 0 Å². The number of carboxylic acid groups (broad SMARTS) is 2. The number of aromatic amines is 1. The quantitative estimate of drug-likeness (QED) is 0.347. The van der Waals surface area contributed by atoms with Gasteiger partial charge in [0.05, 0.1) is 5.52 Å². The van der Waals surface area contributed by atoms with Crippen molar-refractivity contribution in [2.24, 2.45) is 0 Å².